The van der Waals surface area contributed by atoms with Gasteiger partial charge in [-0.3, -0.25) is 4.79 Å². The van der Waals surface area contributed by atoms with Crippen molar-refractivity contribution in [3.05, 3.63) is 36.0 Å². The predicted molar refractivity (Wildman–Crippen MR) is 64.5 cm³/mol. The van der Waals surface area contributed by atoms with Crippen LogP contribution >= 0.6 is 0 Å². The van der Waals surface area contributed by atoms with Crippen LogP contribution in [0.25, 0.3) is 0 Å². The van der Waals surface area contributed by atoms with Crippen molar-refractivity contribution < 1.29 is 9.53 Å². The van der Waals surface area contributed by atoms with Crippen LogP contribution in [0.1, 0.15) is 29.7 Å². The first-order chi connectivity index (χ1) is 8.76. The van der Waals surface area contributed by atoms with Crippen LogP contribution in [0.5, 0.6) is 5.88 Å². The van der Waals surface area contributed by atoms with Gasteiger partial charge in [-0.05, 0) is 12.5 Å². The Morgan fingerprint density at radius 1 is 1.39 bits per heavy atom. The molecule has 0 aliphatic rings. The standard InChI is InChI=1S/C12H14N4O2/c1-3-7-16-8-6-13-12(16)11(17)9-4-5-10(18-2)15-14-9/h4-6,8H,3,7H2,1-2H3. The fourth-order valence-corrected chi connectivity index (χ4v) is 1.60. The molecule has 18 heavy (non-hydrogen) atoms. The van der Waals surface area contributed by atoms with Gasteiger partial charge in [0.15, 0.2) is 5.82 Å². The molecule has 94 valence electrons. The first kappa shape index (κ1) is 12.2. The minimum absolute atomic E-state index is 0.233. The lowest BCUT2D eigenvalue weighted by molar-refractivity contribution is 0.101. The fourth-order valence-electron chi connectivity index (χ4n) is 1.60. The summed E-state index contributed by atoms with van der Waals surface area (Å²) in [5.41, 5.74) is 0.263. The number of methoxy groups -OCH3 is 1. The number of aromatic nitrogens is 4. The summed E-state index contributed by atoms with van der Waals surface area (Å²) in [6, 6.07) is 3.19. The smallest absolute Gasteiger partial charge is 0.248 e. The zero-order valence-corrected chi connectivity index (χ0v) is 10.3. The highest BCUT2D eigenvalue weighted by atomic mass is 16.5. The van der Waals surface area contributed by atoms with Gasteiger partial charge >= 0.3 is 0 Å². The molecular weight excluding hydrogens is 232 g/mol. The summed E-state index contributed by atoms with van der Waals surface area (Å²) < 4.78 is 6.71. The average Bonchev–Trinajstić information content (AvgIpc) is 2.87. The average molecular weight is 246 g/mol. The molecular formula is C12H14N4O2. The number of hydrogen-bond acceptors (Lipinski definition) is 5. The summed E-state index contributed by atoms with van der Waals surface area (Å²) in [4.78, 5) is 16.2. The van der Waals surface area contributed by atoms with Gasteiger partial charge in [0.2, 0.25) is 11.7 Å². The van der Waals surface area contributed by atoms with Gasteiger partial charge in [0, 0.05) is 25.0 Å². The number of hydrogen-bond donors (Lipinski definition) is 0. The van der Waals surface area contributed by atoms with E-state index in [4.69, 9.17) is 4.74 Å². The maximum absolute atomic E-state index is 12.2. The van der Waals surface area contributed by atoms with E-state index in [1.54, 1.807) is 24.5 Å². The Balaban J connectivity index is 2.26. The highest BCUT2D eigenvalue weighted by Crippen LogP contribution is 2.09. The number of carbonyl (C=O) groups is 1. The monoisotopic (exact) mass is 246 g/mol. The van der Waals surface area contributed by atoms with E-state index in [-0.39, 0.29) is 11.5 Å². The zero-order valence-electron chi connectivity index (χ0n) is 10.3. The SMILES string of the molecule is CCCn1ccnc1C(=O)c1ccc(OC)nn1. The van der Waals surface area contributed by atoms with Crippen molar-refractivity contribution in [1.82, 2.24) is 19.7 Å². The van der Waals surface area contributed by atoms with E-state index in [9.17, 15) is 4.79 Å². The van der Waals surface area contributed by atoms with Gasteiger partial charge in [-0.25, -0.2) is 4.98 Å². The lowest BCUT2D eigenvalue weighted by Crippen LogP contribution is -2.13. The maximum Gasteiger partial charge on any atom is 0.248 e. The van der Waals surface area contributed by atoms with Crippen LogP contribution in [-0.2, 0) is 6.54 Å². The molecule has 0 radical (unpaired) electrons. The molecule has 6 heteroatoms. The van der Waals surface area contributed by atoms with Gasteiger partial charge in [0.05, 0.1) is 7.11 Å². The van der Waals surface area contributed by atoms with Crippen LogP contribution in [0.15, 0.2) is 24.5 Å². The number of rotatable bonds is 5. The second-order valence-electron chi connectivity index (χ2n) is 3.73. The maximum atomic E-state index is 12.2. The molecule has 2 rings (SSSR count). The Kier molecular flexibility index (Phi) is 3.66. The largest absolute Gasteiger partial charge is 0.480 e. The second-order valence-corrected chi connectivity index (χ2v) is 3.73. The molecule has 0 aliphatic heterocycles. The Hall–Kier alpha value is -2.24. The molecule has 0 N–H and O–H groups in total. The van der Waals surface area contributed by atoms with E-state index in [1.165, 1.54) is 7.11 Å². The highest BCUT2D eigenvalue weighted by Gasteiger charge is 2.16. The molecule has 0 fully saturated rings. The Morgan fingerprint density at radius 3 is 2.83 bits per heavy atom. The second kappa shape index (κ2) is 5.39. The van der Waals surface area contributed by atoms with E-state index in [1.807, 2.05) is 11.5 Å². The first-order valence-corrected chi connectivity index (χ1v) is 5.69. The number of ether oxygens (including phenoxy) is 1. The van der Waals surface area contributed by atoms with Crippen LogP contribution in [0, 0.1) is 0 Å². The molecule has 0 saturated carbocycles. The molecule has 0 amide bonds. The van der Waals surface area contributed by atoms with Crippen molar-refractivity contribution in [2.45, 2.75) is 19.9 Å². The van der Waals surface area contributed by atoms with Crippen molar-refractivity contribution in [3.63, 3.8) is 0 Å². The van der Waals surface area contributed by atoms with Crippen molar-refractivity contribution in [2.75, 3.05) is 7.11 Å². The quantitative estimate of drug-likeness (QED) is 0.744. The Morgan fingerprint density at radius 2 is 2.22 bits per heavy atom. The summed E-state index contributed by atoms with van der Waals surface area (Å²) in [6.07, 6.45) is 4.33. The van der Waals surface area contributed by atoms with Gasteiger partial charge in [0.1, 0.15) is 5.69 Å². The topological polar surface area (TPSA) is 69.9 Å². The summed E-state index contributed by atoms with van der Waals surface area (Å²) >= 11 is 0. The number of ketones is 1. The molecule has 6 nitrogen and oxygen atoms in total. The van der Waals surface area contributed by atoms with Crippen LogP contribution in [-0.4, -0.2) is 32.6 Å². The minimum Gasteiger partial charge on any atom is -0.480 e. The molecule has 0 spiro atoms. The highest BCUT2D eigenvalue weighted by molar-refractivity contribution is 6.05. The molecule has 0 aliphatic carbocycles. The van der Waals surface area contributed by atoms with E-state index in [0.717, 1.165) is 13.0 Å². The minimum atomic E-state index is -0.233. The fraction of sp³-hybridized carbons (Fsp3) is 0.333. The van der Waals surface area contributed by atoms with E-state index in [0.29, 0.717) is 11.7 Å². The van der Waals surface area contributed by atoms with E-state index < -0.39 is 0 Å². The summed E-state index contributed by atoms with van der Waals surface area (Å²) in [5.74, 6) is 0.531. The van der Waals surface area contributed by atoms with Gasteiger partial charge in [-0.1, -0.05) is 6.92 Å². The molecule has 0 unspecified atom stereocenters. The van der Waals surface area contributed by atoms with Crippen molar-refractivity contribution in [1.29, 1.82) is 0 Å². The normalized spacial score (nSPS) is 10.3. The lowest BCUT2D eigenvalue weighted by Gasteiger charge is -2.04. The van der Waals surface area contributed by atoms with Gasteiger partial charge in [-0.2, -0.15) is 0 Å². The number of imidazole rings is 1. The number of aryl methyl sites for hydroxylation is 1. The van der Waals surface area contributed by atoms with Crippen molar-refractivity contribution in [2.24, 2.45) is 0 Å². The van der Waals surface area contributed by atoms with Gasteiger partial charge in [-0.15, -0.1) is 10.2 Å². The zero-order chi connectivity index (χ0) is 13.0. The third kappa shape index (κ3) is 2.37. The predicted octanol–water partition coefficient (Wildman–Crippen LogP) is 1.32. The summed E-state index contributed by atoms with van der Waals surface area (Å²) in [5, 5.41) is 7.60. The van der Waals surface area contributed by atoms with Gasteiger partial charge in [0.25, 0.3) is 0 Å². The van der Waals surface area contributed by atoms with Gasteiger partial charge < -0.3 is 9.30 Å². The number of carbonyl (C=O) groups excluding carboxylic acids is 1. The molecule has 2 heterocycles. The molecule has 0 atom stereocenters. The molecule has 0 bridgehead atoms. The van der Waals surface area contributed by atoms with Crippen LogP contribution in [0.4, 0.5) is 0 Å². The Bertz CT molecular complexity index is 533. The summed E-state index contributed by atoms with van der Waals surface area (Å²) in [6.45, 7) is 2.80. The van der Waals surface area contributed by atoms with Crippen molar-refractivity contribution >= 4 is 5.78 Å². The first-order valence-electron chi connectivity index (χ1n) is 5.69. The molecule has 2 aromatic rings. The summed E-state index contributed by atoms with van der Waals surface area (Å²) in [7, 11) is 1.50. The third-order valence-electron chi connectivity index (χ3n) is 2.46. The van der Waals surface area contributed by atoms with E-state index >= 15 is 0 Å². The molecule has 0 aromatic carbocycles. The third-order valence-corrected chi connectivity index (χ3v) is 2.46. The molecule has 0 saturated heterocycles. The Labute approximate surface area is 105 Å². The van der Waals surface area contributed by atoms with Crippen molar-refractivity contribution in [3.8, 4) is 5.88 Å². The van der Waals surface area contributed by atoms with Crippen LogP contribution in [0.3, 0.4) is 0 Å². The van der Waals surface area contributed by atoms with E-state index in [2.05, 4.69) is 15.2 Å². The molecule has 2 aromatic heterocycles. The number of nitrogens with zero attached hydrogens (tertiary/aromatic N) is 4. The van der Waals surface area contributed by atoms with Crippen LogP contribution < -0.4 is 4.74 Å². The lowest BCUT2D eigenvalue weighted by atomic mass is 10.2. The van der Waals surface area contributed by atoms with Crippen LogP contribution in [0.2, 0.25) is 0 Å².